The molecule has 0 unspecified atom stereocenters. The summed E-state index contributed by atoms with van der Waals surface area (Å²) in [7, 11) is 3.89. The highest BCUT2D eigenvalue weighted by atomic mass is 16.5. The fourth-order valence-electron chi connectivity index (χ4n) is 3.87. The lowest BCUT2D eigenvalue weighted by Crippen LogP contribution is -2.38. The number of hydrogen-bond donors (Lipinski definition) is 1. The van der Waals surface area contributed by atoms with Gasteiger partial charge in [-0.25, -0.2) is 0 Å². The maximum atomic E-state index is 12.4. The molecule has 1 aromatic carbocycles. The number of benzene rings is 1. The topological polar surface area (TPSA) is 96.0 Å². The second kappa shape index (κ2) is 9.07. The molecule has 3 rings (SSSR count). The summed E-state index contributed by atoms with van der Waals surface area (Å²) in [6.07, 6.45) is 3.24. The Kier molecular flexibility index (Phi) is 6.51. The summed E-state index contributed by atoms with van der Waals surface area (Å²) >= 11 is 0. The van der Waals surface area contributed by atoms with Crippen molar-refractivity contribution in [2.75, 3.05) is 32.1 Å². The first-order valence-electron chi connectivity index (χ1n) is 9.90. The molecule has 1 aromatic rings. The number of likely N-dealkylation sites (tertiary alicyclic amines) is 1. The molecule has 1 saturated heterocycles. The van der Waals surface area contributed by atoms with Crippen LogP contribution in [0, 0.1) is 11.8 Å². The van der Waals surface area contributed by atoms with E-state index in [2.05, 4.69) is 5.32 Å². The van der Waals surface area contributed by atoms with E-state index in [9.17, 15) is 19.2 Å². The average molecular weight is 401 g/mol. The molecule has 0 bridgehead atoms. The molecule has 2 atom stereocenters. The number of esters is 1. The van der Waals surface area contributed by atoms with Crippen molar-refractivity contribution in [3.05, 3.63) is 29.8 Å². The first-order chi connectivity index (χ1) is 13.9. The summed E-state index contributed by atoms with van der Waals surface area (Å²) in [5.74, 6) is -2.37. The summed E-state index contributed by atoms with van der Waals surface area (Å²) in [6, 6.07) is 7.71. The van der Waals surface area contributed by atoms with E-state index in [-0.39, 0.29) is 23.7 Å². The maximum absolute atomic E-state index is 12.4. The standard InChI is InChI=1S/C21H27N3O5/c1-23(2)15-9-7-14(8-10-15)11-22-18(25)13-29-19(26)12-24-20(27)16-5-3-4-6-17(16)21(24)28/h7-10,16-17H,3-6,11-13H2,1-2H3,(H,22,25)/t16-,17+. The second-order valence-corrected chi connectivity index (χ2v) is 7.76. The van der Waals surface area contributed by atoms with E-state index in [1.807, 2.05) is 43.3 Å². The molecule has 3 amide bonds. The minimum absolute atomic E-state index is 0.290. The molecular weight excluding hydrogens is 374 g/mol. The molecular formula is C21H27N3O5. The van der Waals surface area contributed by atoms with Gasteiger partial charge in [0.15, 0.2) is 6.61 Å². The number of anilines is 1. The van der Waals surface area contributed by atoms with Crippen LogP contribution in [0.4, 0.5) is 5.69 Å². The average Bonchev–Trinajstić information content (AvgIpc) is 2.96. The van der Waals surface area contributed by atoms with Gasteiger partial charge in [0.1, 0.15) is 6.54 Å². The first-order valence-corrected chi connectivity index (χ1v) is 9.90. The van der Waals surface area contributed by atoms with Crippen molar-refractivity contribution in [2.24, 2.45) is 11.8 Å². The van der Waals surface area contributed by atoms with E-state index < -0.39 is 25.0 Å². The number of imide groups is 1. The number of fused-ring (bicyclic) bond motifs is 1. The quantitative estimate of drug-likeness (QED) is 0.543. The highest BCUT2D eigenvalue weighted by Gasteiger charge is 2.48. The summed E-state index contributed by atoms with van der Waals surface area (Å²) in [5, 5.41) is 2.68. The minimum Gasteiger partial charge on any atom is -0.454 e. The number of rotatable bonds is 7. The van der Waals surface area contributed by atoms with E-state index in [4.69, 9.17) is 4.74 Å². The van der Waals surface area contributed by atoms with Gasteiger partial charge in [-0.3, -0.25) is 24.1 Å². The van der Waals surface area contributed by atoms with Crippen molar-refractivity contribution in [3.8, 4) is 0 Å². The lowest BCUT2D eigenvalue weighted by atomic mass is 9.81. The van der Waals surface area contributed by atoms with Crippen molar-refractivity contribution < 1.29 is 23.9 Å². The Morgan fingerprint density at radius 1 is 1.07 bits per heavy atom. The van der Waals surface area contributed by atoms with Crippen molar-refractivity contribution in [3.63, 3.8) is 0 Å². The smallest absolute Gasteiger partial charge is 0.326 e. The van der Waals surface area contributed by atoms with Crippen LogP contribution in [0.25, 0.3) is 0 Å². The zero-order valence-electron chi connectivity index (χ0n) is 16.8. The monoisotopic (exact) mass is 401 g/mol. The Morgan fingerprint density at radius 2 is 1.66 bits per heavy atom. The Labute approximate surface area is 170 Å². The Balaban J connectivity index is 1.41. The molecule has 0 spiro atoms. The molecule has 29 heavy (non-hydrogen) atoms. The Morgan fingerprint density at radius 3 is 2.21 bits per heavy atom. The molecule has 0 radical (unpaired) electrons. The number of ether oxygens (including phenoxy) is 1. The van der Waals surface area contributed by atoms with Gasteiger partial charge in [-0.2, -0.15) is 0 Å². The third kappa shape index (κ3) is 4.93. The molecule has 0 aromatic heterocycles. The van der Waals surface area contributed by atoms with Crippen LogP contribution in [0.3, 0.4) is 0 Å². The molecule has 1 aliphatic carbocycles. The number of hydrogen-bond acceptors (Lipinski definition) is 6. The van der Waals surface area contributed by atoms with Crippen molar-refractivity contribution in [1.29, 1.82) is 0 Å². The van der Waals surface area contributed by atoms with Gasteiger partial charge in [0.2, 0.25) is 11.8 Å². The van der Waals surface area contributed by atoms with Gasteiger partial charge >= 0.3 is 5.97 Å². The van der Waals surface area contributed by atoms with Gasteiger partial charge in [0.05, 0.1) is 11.8 Å². The van der Waals surface area contributed by atoms with E-state index in [1.165, 1.54) is 0 Å². The van der Waals surface area contributed by atoms with Crippen molar-refractivity contribution >= 4 is 29.4 Å². The van der Waals surface area contributed by atoms with E-state index in [0.29, 0.717) is 19.4 Å². The maximum Gasteiger partial charge on any atom is 0.326 e. The lowest BCUT2D eigenvalue weighted by molar-refractivity contribution is -0.154. The number of nitrogens with one attached hydrogen (secondary N) is 1. The van der Waals surface area contributed by atoms with Gasteiger partial charge in [-0.1, -0.05) is 25.0 Å². The van der Waals surface area contributed by atoms with Crippen LogP contribution in [-0.4, -0.2) is 55.8 Å². The fraction of sp³-hybridized carbons (Fsp3) is 0.524. The third-order valence-electron chi connectivity index (χ3n) is 5.53. The SMILES string of the molecule is CN(C)c1ccc(CNC(=O)COC(=O)CN2C(=O)[C@H]3CCCC[C@H]3C2=O)cc1. The van der Waals surface area contributed by atoms with Crippen LogP contribution >= 0.6 is 0 Å². The Hall–Kier alpha value is -2.90. The van der Waals surface area contributed by atoms with Gasteiger partial charge in [0, 0.05) is 26.3 Å². The molecule has 8 nitrogen and oxygen atoms in total. The van der Waals surface area contributed by atoms with E-state index >= 15 is 0 Å². The molecule has 2 aliphatic rings. The molecule has 1 N–H and O–H groups in total. The van der Waals surface area contributed by atoms with Gasteiger partial charge in [-0.05, 0) is 30.5 Å². The highest BCUT2D eigenvalue weighted by molar-refractivity contribution is 6.07. The second-order valence-electron chi connectivity index (χ2n) is 7.76. The minimum atomic E-state index is -0.754. The summed E-state index contributed by atoms with van der Waals surface area (Å²) < 4.78 is 4.95. The van der Waals surface area contributed by atoms with Gasteiger partial charge < -0.3 is 15.0 Å². The van der Waals surface area contributed by atoms with Crippen LogP contribution in [0.15, 0.2) is 24.3 Å². The van der Waals surface area contributed by atoms with Crippen LogP contribution in [-0.2, 0) is 30.5 Å². The molecule has 156 valence electrons. The molecule has 8 heteroatoms. The van der Waals surface area contributed by atoms with Crippen molar-refractivity contribution in [2.45, 2.75) is 32.2 Å². The number of carbonyl (C=O) groups is 4. The molecule has 2 fully saturated rings. The van der Waals surface area contributed by atoms with Gasteiger partial charge in [0.25, 0.3) is 5.91 Å². The highest BCUT2D eigenvalue weighted by Crippen LogP contribution is 2.37. The normalized spacial score (nSPS) is 21.0. The fourth-order valence-corrected chi connectivity index (χ4v) is 3.87. The number of nitrogens with zero attached hydrogens (tertiary/aromatic N) is 2. The zero-order valence-corrected chi connectivity index (χ0v) is 16.8. The summed E-state index contributed by atoms with van der Waals surface area (Å²) in [6.45, 7) is -0.557. The zero-order chi connectivity index (χ0) is 21.0. The summed E-state index contributed by atoms with van der Waals surface area (Å²) in [5.41, 5.74) is 1.98. The van der Waals surface area contributed by atoms with Crippen LogP contribution in [0.2, 0.25) is 0 Å². The third-order valence-corrected chi connectivity index (χ3v) is 5.53. The molecule has 1 saturated carbocycles. The van der Waals surface area contributed by atoms with E-state index in [1.54, 1.807) is 0 Å². The van der Waals surface area contributed by atoms with Crippen LogP contribution < -0.4 is 10.2 Å². The lowest BCUT2D eigenvalue weighted by Gasteiger charge is -2.19. The predicted molar refractivity (Wildman–Crippen MR) is 106 cm³/mol. The molecule has 1 aliphatic heterocycles. The largest absolute Gasteiger partial charge is 0.454 e. The Bertz CT molecular complexity index is 766. The van der Waals surface area contributed by atoms with Crippen LogP contribution in [0.5, 0.6) is 0 Å². The van der Waals surface area contributed by atoms with Crippen molar-refractivity contribution in [1.82, 2.24) is 10.2 Å². The molecule has 1 heterocycles. The van der Waals surface area contributed by atoms with Gasteiger partial charge in [-0.15, -0.1) is 0 Å². The first kappa shape index (κ1) is 20.8. The van der Waals surface area contributed by atoms with E-state index in [0.717, 1.165) is 29.0 Å². The number of amides is 3. The number of carbonyl (C=O) groups excluding carboxylic acids is 4. The predicted octanol–water partition coefficient (Wildman–Crippen LogP) is 1.09. The van der Waals surface area contributed by atoms with Crippen LogP contribution in [0.1, 0.15) is 31.2 Å². The summed E-state index contributed by atoms with van der Waals surface area (Å²) in [4.78, 5) is 51.6.